The number of nitrogens with one attached hydrogen (secondary N) is 8. The van der Waals surface area contributed by atoms with E-state index in [2.05, 4.69) is 107 Å². The second-order valence-electron chi connectivity index (χ2n) is 29.1. The van der Waals surface area contributed by atoms with Crippen LogP contribution in [0.1, 0.15) is 142 Å². The van der Waals surface area contributed by atoms with Gasteiger partial charge < -0.3 is 70.2 Å². The van der Waals surface area contributed by atoms with E-state index >= 15 is 0 Å². The number of nitrogens with zero attached hydrogens (tertiary/aromatic N) is 12. The number of benzene rings is 4. The summed E-state index contributed by atoms with van der Waals surface area (Å²) < 4.78 is 55.0. The molecule has 4 fully saturated rings. The van der Waals surface area contributed by atoms with Gasteiger partial charge in [-0.3, -0.25) is 40.5 Å². The van der Waals surface area contributed by atoms with Gasteiger partial charge in [0.25, 0.3) is 0 Å². The number of nitro groups is 4. The van der Waals surface area contributed by atoms with E-state index in [-0.39, 0.29) is 106 Å². The van der Waals surface area contributed by atoms with E-state index in [4.69, 9.17) is 46.1 Å². The molecule has 0 bridgehead atoms. The molecule has 4 saturated carbocycles. The third kappa shape index (κ3) is 28.0. The van der Waals surface area contributed by atoms with Gasteiger partial charge >= 0.3 is 29.1 Å². The van der Waals surface area contributed by atoms with Crippen LogP contribution < -0.4 is 70.2 Å². The summed E-state index contributed by atoms with van der Waals surface area (Å²) in [5.41, 5.74) is 29.5. The second-order valence-corrected chi connectivity index (χ2v) is 29.9. The van der Waals surface area contributed by atoms with E-state index in [0.717, 1.165) is 132 Å². The molecule has 0 radical (unpaired) electrons. The number of nitrogens with two attached hydrogens (primary N) is 4. The van der Waals surface area contributed by atoms with Gasteiger partial charge in [0.15, 0.2) is 0 Å². The monoisotopic (exact) mass is 1640 g/mol. The van der Waals surface area contributed by atoms with Crippen molar-refractivity contribution >= 4 is 93.0 Å². The summed E-state index contributed by atoms with van der Waals surface area (Å²) in [6.45, 7) is 9.73. The van der Waals surface area contributed by atoms with Crippen LogP contribution in [0.25, 0.3) is 0 Å². The molecule has 0 spiro atoms. The molecule has 115 heavy (non-hydrogen) atoms. The van der Waals surface area contributed by atoms with Crippen molar-refractivity contribution in [1.29, 1.82) is 0 Å². The van der Waals surface area contributed by atoms with Gasteiger partial charge in [-0.25, -0.2) is 24.3 Å². The summed E-state index contributed by atoms with van der Waals surface area (Å²) in [5, 5.41) is 70.4. The molecule has 0 unspecified atom stereocenters. The standard InChI is InChI=1S/C20H28N6O2.C19H25ClN6O2.C19H23F3N6O3.C18H22ClFN6O2/c1-13-4-3-5-16(14(13)2)11-23-20-24-12-18(26(27)28)19(25-20)22-10-15-6-8-17(21)9-7-15;1-12-14(3-2-4-16(12)20)10-23-19-24-11-17(26(27)28)18(25-19)22-9-13-5-7-15(21)8-6-13;20-19(21,22)31-15-3-1-2-13(8-15)10-25-18-26-11-16(28(29)30)17(27-18)24-9-12-4-6-14(23)7-5-12;19-14-3-1-2-12(16(14)20)9-23-18-24-10-15(26(27)28)17(25-18)22-8-11-4-6-13(21)7-5-11/h3-5,12,15,17H,6-11,21H2,1-2H3,(H2,22,23,24,25);2-4,11,13,15H,5-10,21H2,1H3,(H2,22,23,24,25);1-3,8,11-12,14H,4-7,9-10,23H2,(H2,24,25,26,27);1-3,10-11,13H,4-9,21H2,(H2,22,23,24,25). The first kappa shape index (κ1) is 88.1. The lowest BCUT2D eigenvalue weighted by Crippen LogP contribution is -2.29. The Balaban J connectivity index is 0.000000176. The highest BCUT2D eigenvalue weighted by atomic mass is 35.5. The predicted octanol–water partition coefficient (Wildman–Crippen LogP) is 15.0. The first-order valence-electron chi connectivity index (χ1n) is 38.1. The fraction of sp³-hybridized carbons (Fsp3) is 0.474. The molecule has 33 nitrogen and oxygen atoms in total. The largest absolute Gasteiger partial charge is 0.573 e. The number of hydrogen-bond donors (Lipinski definition) is 12. The normalized spacial score (nSPS) is 19.2. The van der Waals surface area contributed by atoms with E-state index in [9.17, 15) is 58.0 Å². The zero-order chi connectivity index (χ0) is 82.7. The molecule has 0 amide bonds. The van der Waals surface area contributed by atoms with Crippen LogP contribution in [0.2, 0.25) is 10.0 Å². The highest BCUT2D eigenvalue weighted by Gasteiger charge is 2.32. The van der Waals surface area contributed by atoms with Crippen LogP contribution in [-0.2, 0) is 26.2 Å². The van der Waals surface area contributed by atoms with Crippen LogP contribution >= 0.6 is 23.2 Å². The van der Waals surface area contributed by atoms with Crippen molar-refractivity contribution in [2.24, 2.45) is 46.6 Å². The number of ether oxygens (including phenoxy) is 1. The van der Waals surface area contributed by atoms with Gasteiger partial charge in [0, 0.05) is 87.1 Å². The van der Waals surface area contributed by atoms with Crippen molar-refractivity contribution in [2.45, 2.75) is 180 Å². The number of anilines is 8. The Morgan fingerprint density at radius 2 is 0.722 bits per heavy atom. The summed E-state index contributed by atoms with van der Waals surface area (Å²) >= 11 is 11.9. The van der Waals surface area contributed by atoms with Crippen LogP contribution in [0.4, 0.5) is 87.4 Å². The van der Waals surface area contributed by atoms with Gasteiger partial charge in [0.1, 0.15) is 36.4 Å². The van der Waals surface area contributed by atoms with E-state index in [0.29, 0.717) is 91.0 Å². The third-order valence-electron chi connectivity index (χ3n) is 20.7. The Kier molecular flexibility index (Phi) is 33.0. The SMILES string of the molecule is Cc1c(Cl)cccc1CNc1ncc([N+](=O)[O-])c(NCC2CCC(N)CC2)n1.Cc1cccc(CNc2ncc([N+](=O)[O-])c(NCC3CCC(N)CC3)n2)c1C.NC1CCC(CNc2nc(NCc3cccc(Cl)c3F)ncc2[N+](=O)[O-])CC1.NC1CCC(CNc2nc(NCc3cccc(OC(F)(F)F)c3)ncc2[N+](=O)[O-])CC1. The van der Waals surface area contributed by atoms with Crippen molar-refractivity contribution < 1.29 is 42.0 Å². The number of alkyl halides is 3. The molecule has 618 valence electrons. The first-order chi connectivity index (χ1) is 55.0. The fourth-order valence-corrected chi connectivity index (χ4v) is 13.9. The molecule has 8 aromatic rings. The second kappa shape index (κ2) is 43.0. The first-order valence-corrected chi connectivity index (χ1v) is 38.8. The predicted molar refractivity (Wildman–Crippen MR) is 434 cm³/mol. The molecule has 39 heteroatoms. The lowest BCUT2D eigenvalue weighted by atomic mass is 9.86. The zero-order valence-electron chi connectivity index (χ0n) is 64.0. The van der Waals surface area contributed by atoms with E-state index in [1.54, 1.807) is 18.2 Å². The van der Waals surface area contributed by atoms with Crippen LogP contribution in [0.15, 0.2) is 104 Å². The number of aromatic nitrogens is 8. The topological polar surface area (TPSA) is 485 Å². The fourth-order valence-electron chi connectivity index (χ4n) is 13.5. The van der Waals surface area contributed by atoms with E-state index < -0.39 is 31.9 Å². The number of hydrogen-bond acceptors (Lipinski definition) is 29. The maximum atomic E-state index is 14.0. The molecule has 4 aliphatic rings. The van der Waals surface area contributed by atoms with Crippen molar-refractivity contribution in [1.82, 2.24) is 39.9 Å². The highest BCUT2D eigenvalue weighted by molar-refractivity contribution is 6.31. The van der Waals surface area contributed by atoms with Crippen molar-refractivity contribution in [2.75, 3.05) is 68.7 Å². The average Bonchev–Trinajstić information content (AvgIpc) is 0.840. The highest BCUT2D eigenvalue weighted by Crippen LogP contribution is 2.34. The average molecular weight is 1640 g/mol. The molecule has 4 aromatic heterocycles. The van der Waals surface area contributed by atoms with Gasteiger partial charge in [-0.05, 0) is 205 Å². The van der Waals surface area contributed by atoms with Crippen LogP contribution in [-0.4, -0.2) is 116 Å². The molecular formula is C76H98Cl2F4N24O9. The summed E-state index contributed by atoms with van der Waals surface area (Å²) in [5.74, 6) is 2.50. The maximum Gasteiger partial charge on any atom is 0.573 e. The lowest BCUT2D eigenvalue weighted by Gasteiger charge is -2.26. The Labute approximate surface area is 671 Å². The maximum absolute atomic E-state index is 14.0. The summed E-state index contributed by atoms with van der Waals surface area (Å²) in [7, 11) is 0. The molecule has 4 aromatic carbocycles. The van der Waals surface area contributed by atoms with Gasteiger partial charge in [0.05, 0.1) is 24.7 Å². The molecule has 4 aliphatic carbocycles. The molecule has 4 heterocycles. The van der Waals surface area contributed by atoms with Gasteiger partial charge in [-0.2, -0.15) is 19.9 Å². The number of aryl methyl sites for hydroxylation is 1. The Bertz CT molecular complexity index is 4230. The lowest BCUT2D eigenvalue weighted by molar-refractivity contribution is -0.384. The zero-order valence-corrected chi connectivity index (χ0v) is 65.5. The van der Waals surface area contributed by atoms with Crippen LogP contribution in [0.3, 0.4) is 0 Å². The van der Waals surface area contributed by atoms with Crippen LogP contribution in [0, 0.1) is 90.7 Å². The van der Waals surface area contributed by atoms with Crippen molar-refractivity contribution in [3.8, 4) is 5.75 Å². The smallest absolute Gasteiger partial charge is 0.406 e. The van der Waals surface area contributed by atoms with Crippen LogP contribution in [0.5, 0.6) is 5.75 Å². The summed E-state index contributed by atoms with van der Waals surface area (Å²) in [6.07, 6.45) is 15.6. The van der Waals surface area contributed by atoms with Gasteiger partial charge in [-0.15, -0.1) is 13.2 Å². The van der Waals surface area contributed by atoms with Crippen molar-refractivity contribution in [3.63, 3.8) is 0 Å². The Morgan fingerprint density at radius 1 is 0.417 bits per heavy atom. The molecule has 16 N–H and O–H groups in total. The number of halogens is 6. The molecule has 0 saturated heterocycles. The Morgan fingerprint density at radius 3 is 1.07 bits per heavy atom. The molecule has 0 aliphatic heterocycles. The Hall–Kier alpha value is -10.9. The summed E-state index contributed by atoms with van der Waals surface area (Å²) in [6, 6.07) is 23.0. The number of rotatable bonds is 29. The van der Waals surface area contributed by atoms with Gasteiger partial charge in [-0.1, -0.05) is 77.8 Å². The quantitative estimate of drug-likeness (QED) is 0.0118. The van der Waals surface area contributed by atoms with Gasteiger partial charge in [0.2, 0.25) is 47.1 Å². The van der Waals surface area contributed by atoms with E-state index in [1.165, 1.54) is 47.8 Å². The minimum absolute atomic E-state index is 0.0264. The minimum atomic E-state index is -4.78. The third-order valence-corrected chi connectivity index (χ3v) is 21.4. The van der Waals surface area contributed by atoms with E-state index in [1.807, 2.05) is 37.3 Å². The van der Waals surface area contributed by atoms with Crippen molar-refractivity contribution in [3.05, 3.63) is 199 Å². The molecule has 12 rings (SSSR count). The molecular weight excluding hydrogens is 1540 g/mol. The molecule has 0 atom stereocenters. The summed E-state index contributed by atoms with van der Waals surface area (Å²) in [4.78, 5) is 76.4. The minimum Gasteiger partial charge on any atom is -0.406 e.